The number of aryl methyl sites for hydroxylation is 2. The Morgan fingerprint density at radius 3 is 2.28 bits per heavy atom. The van der Waals surface area contributed by atoms with Gasteiger partial charge in [-0.15, -0.1) is 0 Å². The molecule has 0 atom stereocenters. The molecule has 3 heteroatoms. The molecule has 0 radical (unpaired) electrons. The van der Waals surface area contributed by atoms with Gasteiger partial charge in [0, 0.05) is 0 Å². The summed E-state index contributed by atoms with van der Waals surface area (Å²) in [6.45, 7) is 3.64. The van der Waals surface area contributed by atoms with E-state index in [-0.39, 0.29) is 11.4 Å². The van der Waals surface area contributed by atoms with Crippen molar-refractivity contribution < 1.29 is 14.3 Å². The van der Waals surface area contributed by atoms with E-state index in [9.17, 15) is 9.18 Å². The number of benzene rings is 2. The quantitative estimate of drug-likeness (QED) is 0.872. The van der Waals surface area contributed by atoms with Gasteiger partial charge >= 0.3 is 5.97 Å². The zero-order valence-corrected chi connectivity index (χ0v) is 10.2. The summed E-state index contributed by atoms with van der Waals surface area (Å²) >= 11 is 0. The zero-order chi connectivity index (χ0) is 13.3. The molecule has 0 aliphatic rings. The van der Waals surface area contributed by atoms with Crippen LogP contribution in [0.4, 0.5) is 4.39 Å². The van der Waals surface area contributed by atoms with Crippen molar-refractivity contribution in [3.05, 3.63) is 58.9 Å². The number of halogens is 1. The molecule has 2 rings (SSSR count). The van der Waals surface area contributed by atoms with Crippen LogP contribution < -0.4 is 0 Å². The molecule has 0 bridgehead atoms. The molecule has 0 aromatic heterocycles. The first-order valence-corrected chi connectivity index (χ1v) is 5.59. The molecule has 0 aliphatic heterocycles. The van der Waals surface area contributed by atoms with E-state index in [1.165, 1.54) is 12.1 Å². The molecule has 2 aromatic carbocycles. The van der Waals surface area contributed by atoms with Crippen LogP contribution in [0.3, 0.4) is 0 Å². The van der Waals surface area contributed by atoms with Gasteiger partial charge < -0.3 is 5.11 Å². The first-order valence-electron chi connectivity index (χ1n) is 5.59. The second-order valence-electron chi connectivity index (χ2n) is 4.30. The van der Waals surface area contributed by atoms with Crippen molar-refractivity contribution >= 4 is 5.97 Å². The molecule has 0 saturated carbocycles. The lowest BCUT2D eigenvalue weighted by molar-refractivity contribution is 0.0697. The van der Waals surface area contributed by atoms with Gasteiger partial charge in [-0.25, -0.2) is 9.18 Å². The molecular weight excluding hydrogens is 231 g/mol. The highest BCUT2D eigenvalue weighted by atomic mass is 19.1. The first-order chi connectivity index (χ1) is 8.49. The van der Waals surface area contributed by atoms with Crippen molar-refractivity contribution in [2.45, 2.75) is 13.8 Å². The van der Waals surface area contributed by atoms with Crippen molar-refractivity contribution in [2.75, 3.05) is 0 Å². The van der Waals surface area contributed by atoms with Gasteiger partial charge in [-0.05, 0) is 60.4 Å². The second-order valence-corrected chi connectivity index (χ2v) is 4.30. The summed E-state index contributed by atoms with van der Waals surface area (Å²) in [5.41, 5.74) is 3.52. The third-order valence-corrected chi connectivity index (χ3v) is 2.90. The average molecular weight is 244 g/mol. The van der Waals surface area contributed by atoms with Gasteiger partial charge in [0.15, 0.2) is 0 Å². The topological polar surface area (TPSA) is 37.3 Å². The SMILES string of the molecule is Cc1cc(F)cc(C)c1-c1cccc(C(=O)O)c1. The minimum Gasteiger partial charge on any atom is -0.478 e. The number of rotatable bonds is 2. The van der Waals surface area contributed by atoms with Crippen LogP contribution in [0.1, 0.15) is 21.5 Å². The number of hydrogen-bond acceptors (Lipinski definition) is 1. The molecule has 0 saturated heterocycles. The molecule has 92 valence electrons. The van der Waals surface area contributed by atoms with Gasteiger partial charge in [0.1, 0.15) is 5.82 Å². The summed E-state index contributed by atoms with van der Waals surface area (Å²) in [5.74, 6) is -1.24. The average Bonchev–Trinajstić information content (AvgIpc) is 2.28. The number of carbonyl (C=O) groups is 1. The van der Waals surface area contributed by atoms with Crippen LogP contribution in [-0.4, -0.2) is 11.1 Å². The maximum absolute atomic E-state index is 13.2. The highest BCUT2D eigenvalue weighted by Crippen LogP contribution is 2.28. The van der Waals surface area contributed by atoms with Crippen LogP contribution in [0.15, 0.2) is 36.4 Å². The van der Waals surface area contributed by atoms with Crippen LogP contribution in [0, 0.1) is 19.7 Å². The van der Waals surface area contributed by atoms with Crippen molar-refractivity contribution in [2.24, 2.45) is 0 Å². The summed E-state index contributed by atoms with van der Waals surface area (Å²) in [6.07, 6.45) is 0. The zero-order valence-electron chi connectivity index (χ0n) is 10.2. The maximum atomic E-state index is 13.2. The lowest BCUT2D eigenvalue weighted by Gasteiger charge is -2.11. The van der Waals surface area contributed by atoms with E-state index in [1.807, 2.05) is 19.9 Å². The maximum Gasteiger partial charge on any atom is 0.335 e. The standard InChI is InChI=1S/C15H13FO2/c1-9-6-13(16)7-10(2)14(9)11-4-3-5-12(8-11)15(17)18/h3-8H,1-2H3,(H,17,18). The van der Waals surface area contributed by atoms with Gasteiger partial charge in [-0.3, -0.25) is 0 Å². The lowest BCUT2D eigenvalue weighted by atomic mass is 9.94. The molecule has 0 fully saturated rings. The minimum atomic E-state index is -0.964. The Bertz CT molecular complexity index is 595. The summed E-state index contributed by atoms with van der Waals surface area (Å²) < 4.78 is 13.2. The lowest BCUT2D eigenvalue weighted by Crippen LogP contribution is -1.97. The Kier molecular flexibility index (Phi) is 3.15. The molecule has 0 spiro atoms. The molecule has 2 aromatic rings. The number of carboxylic acids is 1. The minimum absolute atomic E-state index is 0.232. The largest absolute Gasteiger partial charge is 0.478 e. The van der Waals surface area contributed by atoms with Crippen LogP contribution in [0.2, 0.25) is 0 Å². The fourth-order valence-electron chi connectivity index (χ4n) is 2.17. The molecule has 0 amide bonds. The van der Waals surface area contributed by atoms with Crippen molar-refractivity contribution in [1.82, 2.24) is 0 Å². The van der Waals surface area contributed by atoms with Crippen molar-refractivity contribution in [3.63, 3.8) is 0 Å². The first kappa shape index (κ1) is 12.3. The van der Waals surface area contributed by atoms with Crippen molar-refractivity contribution in [3.8, 4) is 11.1 Å². The van der Waals surface area contributed by atoms with Gasteiger partial charge in [0.2, 0.25) is 0 Å². The van der Waals surface area contributed by atoms with Gasteiger partial charge in [0.05, 0.1) is 5.56 Å². The fraction of sp³-hybridized carbons (Fsp3) is 0.133. The summed E-state index contributed by atoms with van der Waals surface area (Å²) in [4.78, 5) is 10.9. The molecular formula is C15H13FO2. The predicted octanol–water partition coefficient (Wildman–Crippen LogP) is 3.81. The number of carboxylic acid groups (broad SMARTS) is 1. The van der Waals surface area contributed by atoms with Gasteiger partial charge in [-0.2, -0.15) is 0 Å². The normalized spacial score (nSPS) is 10.4. The number of aromatic carboxylic acids is 1. The Morgan fingerprint density at radius 2 is 1.72 bits per heavy atom. The van der Waals surface area contributed by atoms with E-state index in [1.54, 1.807) is 18.2 Å². The van der Waals surface area contributed by atoms with Crippen LogP contribution in [0.5, 0.6) is 0 Å². The smallest absolute Gasteiger partial charge is 0.335 e. The molecule has 2 nitrogen and oxygen atoms in total. The molecule has 0 heterocycles. The monoisotopic (exact) mass is 244 g/mol. The highest BCUT2D eigenvalue weighted by molar-refractivity contribution is 5.89. The third-order valence-electron chi connectivity index (χ3n) is 2.90. The molecule has 18 heavy (non-hydrogen) atoms. The summed E-state index contributed by atoms with van der Waals surface area (Å²) in [5, 5.41) is 8.98. The summed E-state index contributed by atoms with van der Waals surface area (Å²) in [6, 6.07) is 9.59. The van der Waals surface area contributed by atoms with Crippen molar-refractivity contribution in [1.29, 1.82) is 0 Å². The number of hydrogen-bond donors (Lipinski definition) is 1. The Hall–Kier alpha value is -2.16. The van der Waals surface area contributed by atoms with Gasteiger partial charge in [-0.1, -0.05) is 12.1 Å². The van der Waals surface area contributed by atoms with E-state index in [0.29, 0.717) is 0 Å². The van der Waals surface area contributed by atoms with Crippen LogP contribution in [0.25, 0.3) is 11.1 Å². The van der Waals surface area contributed by atoms with Crippen LogP contribution >= 0.6 is 0 Å². The predicted molar refractivity (Wildman–Crippen MR) is 68.3 cm³/mol. The van der Waals surface area contributed by atoms with Gasteiger partial charge in [0.25, 0.3) is 0 Å². The Balaban J connectivity index is 2.62. The third kappa shape index (κ3) is 2.25. The molecule has 0 aliphatic carbocycles. The highest BCUT2D eigenvalue weighted by Gasteiger charge is 2.10. The van der Waals surface area contributed by atoms with E-state index < -0.39 is 5.97 Å². The van der Waals surface area contributed by atoms with E-state index >= 15 is 0 Å². The van der Waals surface area contributed by atoms with E-state index in [4.69, 9.17) is 5.11 Å². The van der Waals surface area contributed by atoms with Crippen LogP contribution in [-0.2, 0) is 0 Å². The summed E-state index contributed by atoms with van der Waals surface area (Å²) in [7, 11) is 0. The fourth-order valence-corrected chi connectivity index (χ4v) is 2.17. The Morgan fingerprint density at radius 1 is 1.11 bits per heavy atom. The van der Waals surface area contributed by atoms with E-state index in [2.05, 4.69) is 0 Å². The second kappa shape index (κ2) is 4.61. The Labute approximate surface area is 105 Å². The van der Waals surface area contributed by atoms with E-state index in [0.717, 1.165) is 22.3 Å². The molecule has 0 unspecified atom stereocenters. The molecule has 1 N–H and O–H groups in total.